The summed E-state index contributed by atoms with van der Waals surface area (Å²) in [5.41, 5.74) is 2.80. The van der Waals surface area contributed by atoms with E-state index in [4.69, 9.17) is 16.7 Å². The van der Waals surface area contributed by atoms with Crippen LogP contribution in [-0.2, 0) is 17.8 Å². The van der Waals surface area contributed by atoms with Crippen LogP contribution in [0, 0.1) is 0 Å². The molecule has 21 heavy (non-hydrogen) atoms. The molecule has 0 atom stereocenters. The highest BCUT2D eigenvalue weighted by Crippen LogP contribution is 2.26. The number of nitrogens with zero attached hydrogens (tertiary/aromatic N) is 2. The maximum absolute atomic E-state index is 11.0. The van der Waals surface area contributed by atoms with Gasteiger partial charge in [-0.15, -0.1) is 0 Å². The summed E-state index contributed by atoms with van der Waals surface area (Å²) in [7, 11) is 0. The van der Waals surface area contributed by atoms with Crippen LogP contribution >= 0.6 is 11.6 Å². The van der Waals surface area contributed by atoms with Crippen LogP contribution in [0.1, 0.15) is 11.1 Å². The Bertz CT molecular complexity index is 797. The summed E-state index contributed by atoms with van der Waals surface area (Å²) in [6.07, 6.45) is 5.39. The lowest BCUT2D eigenvalue weighted by Gasteiger charge is -2.05. The Morgan fingerprint density at radius 3 is 2.90 bits per heavy atom. The van der Waals surface area contributed by atoms with Gasteiger partial charge in [0.25, 0.3) is 0 Å². The molecule has 2 aromatic heterocycles. The van der Waals surface area contributed by atoms with Gasteiger partial charge in [-0.1, -0.05) is 17.7 Å². The van der Waals surface area contributed by atoms with Crippen molar-refractivity contribution in [1.29, 1.82) is 0 Å². The van der Waals surface area contributed by atoms with Gasteiger partial charge in [0.05, 0.1) is 6.42 Å². The van der Waals surface area contributed by atoms with Crippen LogP contribution in [0.2, 0.25) is 5.02 Å². The number of pyridine rings is 1. The Kier molecular flexibility index (Phi) is 3.62. The summed E-state index contributed by atoms with van der Waals surface area (Å²) in [5, 5.41) is 10.5. The summed E-state index contributed by atoms with van der Waals surface area (Å²) in [6, 6.07) is 9.42. The zero-order chi connectivity index (χ0) is 14.8. The number of hydrogen-bond acceptors (Lipinski definition) is 2. The Hall–Kier alpha value is -2.33. The van der Waals surface area contributed by atoms with Gasteiger partial charge >= 0.3 is 5.97 Å². The number of halogens is 1. The summed E-state index contributed by atoms with van der Waals surface area (Å²) in [5.74, 6) is -0.851. The summed E-state index contributed by atoms with van der Waals surface area (Å²) < 4.78 is 2.03. The lowest BCUT2D eigenvalue weighted by molar-refractivity contribution is -0.136. The molecule has 3 aromatic rings. The molecular weight excluding hydrogens is 288 g/mol. The maximum Gasteiger partial charge on any atom is 0.307 e. The van der Waals surface area contributed by atoms with Crippen LogP contribution in [0.25, 0.3) is 10.9 Å². The van der Waals surface area contributed by atoms with Crippen molar-refractivity contribution in [3.63, 3.8) is 0 Å². The number of carbonyl (C=O) groups is 1. The van der Waals surface area contributed by atoms with Crippen molar-refractivity contribution in [3.8, 4) is 0 Å². The van der Waals surface area contributed by atoms with E-state index in [1.165, 1.54) is 0 Å². The lowest BCUT2D eigenvalue weighted by atomic mass is 10.1. The Morgan fingerprint density at radius 2 is 2.19 bits per heavy atom. The summed E-state index contributed by atoms with van der Waals surface area (Å²) in [6.45, 7) is 0.644. The number of aliphatic carboxylic acids is 1. The van der Waals surface area contributed by atoms with Crippen molar-refractivity contribution in [2.24, 2.45) is 0 Å². The van der Waals surface area contributed by atoms with E-state index in [9.17, 15) is 4.79 Å². The molecule has 0 unspecified atom stereocenters. The van der Waals surface area contributed by atoms with Crippen molar-refractivity contribution >= 4 is 28.5 Å². The first-order valence-electron chi connectivity index (χ1n) is 6.51. The number of carboxylic acid groups (broad SMARTS) is 1. The standard InChI is InChI=1S/C16H13ClN2O2/c17-13-3-4-15-14(7-13)12(6-16(20)21)10-19(15)9-11-2-1-5-18-8-11/h1-5,7-8,10H,6,9H2,(H,20,21). The van der Waals surface area contributed by atoms with Crippen LogP contribution in [0.15, 0.2) is 48.9 Å². The Morgan fingerprint density at radius 1 is 1.33 bits per heavy atom. The molecule has 0 fully saturated rings. The van der Waals surface area contributed by atoms with Crippen molar-refractivity contribution in [2.75, 3.05) is 0 Å². The summed E-state index contributed by atoms with van der Waals surface area (Å²) in [4.78, 5) is 15.1. The highest BCUT2D eigenvalue weighted by Gasteiger charge is 2.12. The number of rotatable bonds is 4. The van der Waals surface area contributed by atoms with Gasteiger partial charge in [-0.3, -0.25) is 9.78 Å². The van der Waals surface area contributed by atoms with E-state index in [2.05, 4.69) is 4.98 Å². The van der Waals surface area contributed by atoms with Gasteiger partial charge in [-0.2, -0.15) is 0 Å². The highest BCUT2D eigenvalue weighted by atomic mass is 35.5. The fraction of sp³-hybridized carbons (Fsp3) is 0.125. The molecule has 106 valence electrons. The fourth-order valence-electron chi connectivity index (χ4n) is 2.47. The van der Waals surface area contributed by atoms with Crippen molar-refractivity contribution in [3.05, 3.63) is 65.1 Å². The van der Waals surface area contributed by atoms with Gasteiger partial charge in [0, 0.05) is 41.1 Å². The molecular formula is C16H13ClN2O2. The van der Waals surface area contributed by atoms with E-state index in [1.807, 2.05) is 41.1 Å². The zero-order valence-corrected chi connectivity index (χ0v) is 11.9. The molecule has 0 aliphatic heterocycles. The minimum absolute atomic E-state index is 0.0170. The minimum atomic E-state index is -0.851. The molecule has 0 amide bonds. The number of benzene rings is 1. The third-order valence-electron chi connectivity index (χ3n) is 3.34. The van der Waals surface area contributed by atoms with E-state index in [-0.39, 0.29) is 6.42 Å². The van der Waals surface area contributed by atoms with Crippen LogP contribution in [-0.4, -0.2) is 20.6 Å². The molecule has 2 heterocycles. The van der Waals surface area contributed by atoms with Gasteiger partial charge < -0.3 is 9.67 Å². The van der Waals surface area contributed by atoms with Crippen molar-refractivity contribution in [1.82, 2.24) is 9.55 Å². The molecule has 0 saturated heterocycles. The second-order valence-electron chi connectivity index (χ2n) is 4.88. The first-order chi connectivity index (χ1) is 10.1. The van der Waals surface area contributed by atoms with Crippen LogP contribution in [0.3, 0.4) is 0 Å². The number of fused-ring (bicyclic) bond motifs is 1. The van der Waals surface area contributed by atoms with E-state index >= 15 is 0 Å². The van der Waals surface area contributed by atoms with Crippen LogP contribution in [0.4, 0.5) is 0 Å². The van der Waals surface area contributed by atoms with E-state index in [1.54, 1.807) is 12.4 Å². The molecule has 3 rings (SSSR count). The van der Waals surface area contributed by atoms with Crippen molar-refractivity contribution < 1.29 is 9.90 Å². The molecule has 0 spiro atoms. The molecule has 0 bridgehead atoms. The Balaban J connectivity index is 2.08. The number of carboxylic acids is 1. The van der Waals surface area contributed by atoms with Crippen LogP contribution < -0.4 is 0 Å². The predicted molar refractivity (Wildman–Crippen MR) is 81.6 cm³/mol. The molecule has 0 aliphatic rings. The highest BCUT2D eigenvalue weighted by molar-refractivity contribution is 6.31. The van der Waals surface area contributed by atoms with Crippen LogP contribution in [0.5, 0.6) is 0 Å². The SMILES string of the molecule is O=C(O)Cc1cn(Cc2cccnc2)c2ccc(Cl)cc12. The molecule has 1 N–H and O–H groups in total. The van der Waals surface area contributed by atoms with Crippen molar-refractivity contribution in [2.45, 2.75) is 13.0 Å². The first kappa shape index (κ1) is 13.6. The quantitative estimate of drug-likeness (QED) is 0.804. The average Bonchev–Trinajstić information content (AvgIpc) is 2.77. The molecule has 5 heteroatoms. The maximum atomic E-state index is 11.0. The monoisotopic (exact) mass is 300 g/mol. The Labute approximate surface area is 126 Å². The van der Waals surface area contributed by atoms with Gasteiger partial charge in [-0.25, -0.2) is 0 Å². The predicted octanol–water partition coefficient (Wildman–Crippen LogP) is 3.37. The molecule has 0 saturated carbocycles. The third kappa shape index (κ3) is 2.90. The smallest absolute Gasteiger partial charge is 0.307 e. The van der Waals surface area contributed by atoms with E-state index in [0.717, 1.165) is 22.0 Å². The second-order valence-corrected chi connectivity index (χ2v) is 5.31. The van der Waals surface area contributed by atoms with Gasteiger partial charge in [-0.05, 0) is 35.4 Å². The number of aromatic nitrogens is 2. The molecule has 4 nitrogen and oxygen atoms in total. The van der Waals surface area contributed by atoms with E-state index < -0.39 is 5.97 Å². The van der Waals surface area contributed by atoms with Gasteiger partial charge in [0.1, 0.15) is 0 Å². The first-order valence-corrected chi connectivity index (χ1v) is 6.89. The number of hydrogen-bond donors (Lipinski definition) is 1. The van der Waals surface area contributed by atoms with E-state index in [0.29, 0.717) is 11.6 Å². The third-order valence-corrected chi connectivity index (χ3v) is 3.58. The van der Waals surface area contributed by atoms with Gasteiger partial charge in [0.2, 0.25) is 0 Å². The van der Waals surface area contributed by atoms with Gasteiger partial charge in [0.15, 0.2) is 0 Å². The minimum Gasteiger partial charge on any atom is -0.481 e. The molecule has 0 radical (unpaired) electrons. The second kappa shape index (κ2) is 5.58. The largest absolute Gasteiger partial charge is 0.481 e. The molecule has 1 aromatic carbocycles. The fourth-order valence-corrected chi connectivity index (χ4v) is 2.64. The average molecular weight is 301 g/mol. The zero-order valence-electron chi connectivity index (χ0n) is 11.2. The topological polar surface area (TPSA) is 55.1 Å². The normalized spacial score (nSPS) is 10.9. The molecule has 0 aliphatic carbocycles. The summed E-state index contributed by atoms with van der Waals surface area (Å²) >= 11 is 6.03. The lowest BCUT2D eigenvalue weighted by Crippen LogP contribution is -2.00.